The maximum atomic E-state index is 12.2. The van der Waals surface area contributed by atoms with E-state index in [0.717, 1.165) is 32.4 Å². The number of carbonyl (C=O) groups excluding carboxylic acids is 2. The molecule has 2 aliphatic rings. The fraction of sp³-hybridized carbons (Fsp3) is 0.765. The quantitative estimate of drug-likeness (QED) is 0.748. The number of aryl methyl sites for hydroxylation is 1. The van der Waals surface area contributed by atoms with Crippen LogP contribution >= 0.6 is 0 Å². The Hall–Kier alpha value is -2.12. The van der Waals surface area contributed by atoms with E-state index in [1.54, 1.807) is 29.0 Å². The largest absolute Gasteiger partial charge is 0.339 e. The van der Waals surface area contributed by atoms with E-state index < -0.39 is 0 Å². The van der Waals surface area contributed by atoms with Crippen molar-refractivity contribution in [2.75, 3.05) is 26.7 Å². The Kier molecular flexibility index (Phi) is 5.88. The highest BCUT2D eigenvalue weighted by Gasteiger charge is 2.36. The standard InChI is InChI=1S/C17H28N6O2/c1-21(17(25)18-7-4-9-22-10-8-19-20-22)12-14-11-16(24)23(13-14)15-5-2-3-6-15/h8,10,14-15H,2-7,9,11-13H2,1H3,(H,18,25)/t14-/m0/s1. The summed E-state index contributed by atoms with van der Waals surface area (Å²) in [6.45, 7) is 2.76. The molecule has 0 unspecified atom stereocenters. The minimum atomic E-state index is -0.0784. The van der Waals surface area contributed by atoms with Gasteiger partial charge in [0.25, 0.3) is 0 Å². The summed E-state index contributed by atoms with van der Waals surface area (Å²) in [5.74, 6) is 0.512. The topological polar surface area (TPSA) is 83.4 Å². The van der Waals surface area contributed by atoms with Crippen molar-refractivity contribution in [1.82, 2.24) is 30.1 Å². The molecule has 2 heterocycles. The Morgan fingerprint density at radius 3 is 2.92 bits per heavy atom. The molecule has 0 bridgehead atoms. The Morgan fingerprint density at radius 2 is 2.20 bits per heavy atom. The third kappa shape index (κ3) is 4.70. The van der Waals surface area contributed by atoms with Gasteiger partial charge in [-0.3, -0.25) is 9.48 Å². The van der Waals surface area contributed by atoms with Crippen LogP contribution in [0.25, 0.3) is 0 Å². The lowest BCUT2D eigenvalue weighted by Crippen LogP contribution is -2.41. The Bertz CT molecular complexity index is 570. The molecule has 2 fully saturated rings. The van der Waals surface area contributed by atoms with Crippen LogP contribution in [-0.2, 0) is 11.3 Å². The zero-order valence-electron chi connectivity index (χ0n) is 14.9. The molecule has 8 nitrogen and oxygen atoms in total. The molecule has 1 saturated heterocycles. The van der Waals surface area contributed by atoms with Crippen molar-refractivity contribution in [3.63, 3.8) is 0 Å². The highest BCUT2D eigenvalue weighted by molar-refractivity contribution is 5.79. The van der Waals surface area contributed by atoms with Gasteiger partial charge in [-0.15, -0.1) is 5.10 Å². The summed E-state index contributed by atoms with van der Waals surface area (Å²) < 4.78 is 1.75. The average molecular weight is 348 g/mol. The highest BCUT2D eigenvalue weighted by atomic mass is 16.2. The summed E-state index contributed by atoms with van der Waals surface area (Å²) in [5, 5.41) is 10.6. The van der Waals surface area contributed by atoms with Gasteiger partial charge < -0.3 is 15.1 Å². The van der Waals surface area contributed by atoms with Gasteiger partial charge in [-0.05, 0) is 19.3 Å². The first-order valence-corrected chi connectivity index (χ1v) is 9.26. The first kappa shape index (κ1) is 17.7. The summed E-state index contributed by atoms with van der Waals surface area (Å²) >= 11 is 0. The normalized spacial score (nSPS) is 21.1. The molecule has 1 atom stereocenters. The second-order valence-electron chi connectivity index (χ2n) is 7.19. The molecule has 8 heteroatoms. The summed E-state index contributed by atoms with van der Waals surface area (Å²) in [5.41, 5.74) is 0. The maximum absolute atomic E-state index is 12.2. The van der Waals surface area contributed by atoms with Gasteiger partial charge in [-0.1, -0.05) is 18.1 Å². The molecule has 1 aliphatic carbocycles. The van der Waals surface area contributed by atoms with Crippen molar-refractivity contribution in [2.24, 2.45) is 5.92 Å². The molecule has 1 aromatic heterocycles. The van der Waals surface area contributed by atoms with Crippen LogP contribution in [0.2, 0.25) is 0 Å². The predicted octanol–water partition coefficient (Wildman–Crippen LogP) is 1.10. The first-order chi connectivity index (χ1) is 12.1. The second-order valence-corrected chi connectivity index (χ2v) is 7.19. The van der Waals surface area contributed by atoms with Crippen molar-refractivity contribution >= 4 is 11.9 Å². The van der Waals surface area contributed by atoms with E-state index >= 15 is 0 Å². The SMILES string of the molecule is CN(C[C@@H]1CC(=O)N(C2CCCC2)C1)C(=O)NCCCn1ccnn1. The van der Waals surface area contributed by atoms with E-state index in [1.807, 2.05) is 0 Å². The van der Waals surface area contributed by atoms with E-state index in [0.29, 0.717) is 25.6 Å². The zero-order valence-corrected chi connectivity index (χ0v) is 14.9. The molecule has 3 rings (SSSR count). The van der Waals surface area contributed by atoms with Crippen LogP contribution in [0.4, 0.5) is 4.79 Å². The third-order valence-corrected chi connectivity index (χ3v) is 5.19. The molecular formula is C17H28N6O2. The lowest BCUT2D eigenvalue weighted by molar-refractivity contribution is -0.129. The first-order valence-electron chi connectivity index (χ1n) is 9.26. The maximum Gasteiger partial charge on any atom is 0.317 e. The van der Waals surface area contributed by atoms with E-state index in [4.69, 9.17) is 0 Å². The summed E-state index contributed by atoms with van der Waals surface area (Å²) in [4.78, 5) is 28.2. The van der Waals surface area contributed by atoms with Crippen LogP contribution in [0.5, 0.6) is 0 Å². The van der Waals surface area contributed by atoms with Crippen molar-refractivity contribution in [2.45, 2.75) is 51.1 Å². The van der Waals surface area contributed by atoms with Crippen LogP contribution < -0.4 is 5.32 Å². The van der Waals surface area contributed by atoms with E-state index in [1.165, 1.54) is 12.8 Å². The Labute approximate surface area is 148 Å². The van der Waals surface area contributed by atoms with Crippen LogP contribution in [-0.4, -0.2) is 69.5 Å². The van der Waals surface area contributed by atoms with Gasteiger partial charge >= 0.3 is 6.03 Å². The van der Waals surface area contributed by atoms with E-state index in [-0.39, 0.29) is 17.9 Å². The van der Waals surface area contributed by atoms with Gasteiger partial charge in [0.1, 0.15) is 0 Å². The lowest BCUT2D eigenvalue weighted by atomic mass is 10.1. The Morgan fingerprint density at radius 1 is 1.40 bits per heavy atom. The molecule has 0 radical (unpaired) electrons. The van der Waals surface area contributed by atoms with Gasteiger partial charge in [-0.25, -0.2) is 4.79 Å². The molecule has 1 saturated carbocycles. The number of carbonyl (C=O) groups is 2. The second kappa shape index (κ2) is 8.31. The van der Waals surface area contributed by atoms with Crippen LogP contribution in [0.15, 0.2) is 12.4 Å². The molecule has 0 spiro atoms. The number of amides is 3. The van der Waals surface area contributed by atoms with Crippen LogP contribution in [0.3, 0.4) is 0 Å². The van der Waals surface area contributed by atoms with E-state index in [9.17, 15) is 9.59 Å². The Balaban J connectivity index is 1.35. The van der Waals surface area contributed by atoms with Gasteiger partial charge in [0.2, 0.25) is 5.91 Å². The van der Waals surface area contributed by atoms with E-state index in [2.05, 4.69) is 20.5 Å². The smallest absolute Gasteiger partial charge is 0.317 e. The number of aromatic nitrogens is 3. The van der Waals surface area contributed by atoms with Gasteiger partial charge in [0.15, 0.2) is 0 Å². The number of hydrogen-bond acceptors (Lipinski definition) is 4. The number of nitrogens with one attached hydrogen (secondary N) is 1. The molecule has 25 heavy (non-hydrogen) atoms. The summed E-state index contributed by atoms with van der Waals surface area (Å²) in [6.07, 6.45) is 9.57. The number of urea groups is 1. The number of nitrogens with zero attached hydrogens (tertiary/aromatic N) is 5. The van der Waals surface area contributed by atoms with Gasteiger partial charge in [0.05, 0.1) is 6.20 Å². The number of rotatable bonds is 7. The minimum absolute atomic E-state index is 0.0784. The van der Waals surface area contributed by atoms with Crippen molar-refractivity contribution in [3.05, 3.63) is 12.4 Å². The van der Waals surface area contributed by atoms with Crippen molar-refractivity contribution in [3.8, 4) is 0 Å². The number of likely N-dealkylation sites (tertiary alicyclic amines) is 1. The third-order valence-electron chi connectivity index (χ3n) is 5.19. The lowest BCUT2D eigenvalue weighted by Gasteiger charge is -2.25. The molecule has 3 amide bonds. The van der Waals surface area contributed by atoms with Crippen molar-refractivity contribution in [1.29, 1.82) is 0 Å². The summed E-state index contributed by atoms with van der Waals surface area (Å²) in [6, 6.07) is 0.360. The monoisotopic (exact) mass is 348 g/mol. The molecule has 1 aromatic rings. The fourth-order valence-electron chi connectivity index (χ4n) is 3.89. The predicted molar refractivity (Wildman–Crippen MR) is 92.7 cm³/mol. The van der Waals surface area contributed by atoms with Gasteiger partial charge in [0, 0.05) is 57.8 Å². The average Bonchev–Trinajstić information content (AvgIpc) is 3.33. The molecule has 1 N–H and O–H groups in total. The molecule has 1 aliphatic heterocycles. The summed E-state index contributed by atoms with van der Waals surface area (Å²) in [7, 11) is 1.80. The van der Waals surface area contributed by atoms with Crippen LogP contribution in [0.1, 0.15) is 38.5 Å². The van der Waals surface area contributed by atoms with Crippen LogP contribution in [0, 0.1) is 5.92 Å². The number of hydrogen-bond donors (Lipinski definition) is 1. The minimum Gasteiger partial charge on any atom is -0.339 e. The van der Waals surface area contributed by atoms with Crippen molar-refractivity contribution < 1.29 is 9.59 Å². The fourth-order valence-corrected chi connectivity index (χ4v) is 3.89. The molecule has 138 valence electrons. The van der Waals surface area contributed by atoms with Gasteiger partial charge in [-0.2, -0.15) is 0 Å². The zero-order chi connectivity index (χ0) is 17.6. The molecular weight excluding hydrogens is 320 g/mol. The highest BCUT2D eigenvalue weighted by Crippen LogP contribution is 2.29. The molecule has 0 aromatic carbocycles.